The molecule has 14 heavy (non-hydrogen) atoms. The summed E-state index contributed by atoms with van der Waals surface area (Å²) < 4.78 is 0. The molecule has 2 fully saturated rings. The van der Waals surface area contributed by atoms with E-state index in [0.717, 1.165) is 12.1 Å². The fourth-order valence-corrected chi connectivity index (χ4v) is 2.30. The standard InChI is InChI=1S/C10H14N2O2/c1-7-5-10(9(14)11-7)3-4-12(6-10)8(2)13/h1,3-6H2,2H3,(H,11,14). The van der Waals surface area contributed by atoms with Crippen molar-refractivity contribution >= 4 is 11.8 Å². The molecule has 0 saturated carbocycles. The van der Waals surface area contributed by atoms with Crippen molar-refractivity contribution in [3.63, 3.8) is 0 Å². The summed E-state index contributed by atoms with van der Waals surface area (Å²) in [5.41, 5.74) is 0.406. The summed E-state index contributed by atoms with van der Waals surface area (Å²) in [7, 11) is 0. The molecule has 2 amide bonds. The van der Waals surface area contributed by atoms with Crippen molar-refractivity contribution in [2.75, 3.05) is 13.1 Å². The molecule has 76 valence electrons. The summed E-state index contributed by atoms with van der Waals surface area (Å²) in [6, 6.07) is 0. The molecule has 0 radical (unpaired) electrons. The first kappa shape index (κ1) is 9.24. The van der Waals surface area contributed by atoms with Gasteiger partial charge in [-0.25, -0.2) is 0 Å². The van der Waals surface area contributed by atoms with Crippen LogP contribution in [0.25, 0.3) is 0 Å². The highest BCUT2D eigenvalue weighted by Crippen LogP contribution is 2.40. The quantitative estimate of drug-likeness (QED) is 0.601. The zero-order valence-corrected chi connectivity index (χ0v) is 8.30. The average Bonchev–Trinajstić information content (AvgIpc) is 2.59. The zero-order valence-electron chi connectivity index (χ0n) is 8.30. The summed E-state index contributed by atoms with van der Waals surface area (Å²) in [4.78, 5) is 24.5. The molecular weight excluding hydrogens is 180 g/mol. The van der Waals surface area contributed by atoms with Gasteiger partial charge in [-0.15, -0.1) is 0 Å². The largest absolute Gasteiger partial charge is 0.342 e. The van der Waals surface area contributed by atoms with Crippen LogP contribution in [0.5, 0.6) is 0 Å². The molecule has 1 N–H and O–H groups in total. The third-order valence-corrected chi connectivity index (χ3v) is 3.12. The highest BCUT2D eigenvalue weighted by molar-refractivity contribution is 5.89. The Hall–Kier alpha value is -1.32. The van der Waals surface area contributed by atoms with E-state index in [-0.39, 0.29) is 17.2 Å². The Morgan fingerprint density at radius 2 is 2.36 bits per heavy atom. The van der Waals surface area contributed by atoms with Crippen LogP contribution in [0.3, 0.4) is 0 Å². The fraction of sp³-hybridized carbons (Fsp3) is 0.600. The van der Waals surface area contributed by atoms with E-state index in [1.54, 1.807) is 11.8 Å². The second kappa shape index (κ2) is 2.83. The Morgan fingerprint density at radius 3 is 2.79 bits per heavy atom. The smallest absolute Gasteiger partial charge is 0.232 e. The number of rotatable bonds is 0. The monoisotopic (exact) mass is 194 g/mol. The molecular formula is C10H14N2O2. The number of nitrogens with one attached hydrogen (secondary N) is 1. The van der Waals surface area contributed by atoms with Crippen LogP contribution in [0.1, 0.15) is 19.8 Å². The van der Waals surface area contributed by atoms with E-state index in [1.807, 2.05) is 0 Å². The molecule has 0 bridgehead atoms. The molecule has 4 heteroatoms. The van der Waals surface area contributed by atoms with E-state index in [4.69, 9.17) is 0 Å². The lowest BCUT2D eigenvalue weighted by Gasteiger charge is -2.19. The van der Waals surface area contributed by atoms with Crippen molar-refractivity contribution in [3.8, 4) is 0 Å². The van der Waals surface area contributed by atoms with Crippen LogP contribution < -0.4 is 5.32 Å². The fourth-order valence-electron chi connectivity index (χ4n) is 2.30. The highest BCUT2D eigenvalue weighted by atomic mass is 16.2. The lowest BCUT2D eigenvalue weighted by Crippen LogP contribution is -2.35. The molecule has 1 unspecified atom stereocenters. The van der Waals surface area contributed by atoms with Crippen LogP contribution in [-0.2, 0) is 9.59 Å². The van der Waals surface area contributed by atoms with Gasteiger partial charge in [0.15, 0.2) is 0 Å². The van der Waals surface area contributed by atoms with Gasteiger partial charge in [-0.3, -0.25) is 9.59 Å². The molecule has 0 aromatic carbocycles. The van der Waals surface area contributed by atoms with Crippen LogP contribution in [0.2, 0.25) is 0 Å². The Balaban J connectivity index is 2.17. The maximum atomic E-state index is 11.7. The van der Waals surface area contributed by atoms with Crippen molar-refractivity contribution in [2.45, 2.75) is 19.8 Å². The van der Waals surface area contributed by atoms with Gasteiger partial charge in [-0.2, -0.15) is 0 Å². The SMILES string of the molecule is C=C1CC2(CCN(C(C)=O)C2)C(=O)N1. The van der Waals surface area contributed by atoms with Gasteiger partial charge in [-0.1, -0.05) is 6.58 Å². The first-order valence-electron chi connectivity index (χ1n) is 4.78. The second-order valence-corrected chi connectivity index (χ2v) is 4.21. The predicted molar refractivity (Wildman–Crippen MR) is 51.2 cm³/mol. The topological polar surface area (TPSA) is 49.4 Å². The molecule has 2 heterocycles. The molecule has 4 nitrogen and oxygen atoms in total. The molecule has 2 aliphatic rings. The highest BCUT2D eigenvalue weighted by Gasteiger charge is 2.49. The summed E-state index contributed by atoms with van der Waals surface area (Å²) in [6.45, 7) is 6.54. The number of likely N-dealkylation sites (tertiary alicyclic amines) is 1. The number of nitrogens with zero attached hydrogens (tertiary/aromatic N) is 1. The van der Waals surface area contributed by atoms with Crippen LogP contribution in [-0.4, -0.2) is 29.8 Å². The van der Waals surface area contributed by atoms with E-state index in [1.165, 1.54) is 0 Å². The molecule has 2 aliphatic heterocycles. The Morgan fingerprint density at radius 1 is 1.64 bits per heavy atom. The maximum Gasteiger partial charge on any atom is 0.232 e. The minimum absolute atomic E-state index is 0.0336. The molecule has 2 rings (SSSR count). The molecule has 1 spiro atoms. The van der Waals surface area contributed by atoms with Gasteiger partial charge in [-0.05, 0) is 6.42 Å². The van der Waals surface area contributed by atoms with E-state index in [2.05, 4.69) is 11.9 Å². The van der Waals surface area contributed by atoms with Gasteiger partial charge in [0.25, 0.3) is 0 Å². The summed E-state index contributed by atoms with van der Waals surface area (Å²) in [6.07, 6.45) is 1.44. The lowest BCUT2D eigenvalue weighted by molar-refractivity contribution is -0.130. The van der Waals surface area contributed by atoms with Crippen molar-refractivity contribution in [3.05, 3.63) is 12.3 Å². The average molecular weight is 194 g/mol. The van der Waals surface area contributed by atoms with E-state index < -0.39 is 0 Å². The lowest BCUT2D eigenvalue weighted by atomic mass is 9.85. The van der Waals surface area contributed by atoms with Crippen LogP contribution >= 0.6 is 0 Å². The molecule has 2 saturated heterocycles. The number of amides is 2. The van der Waals surface area contributed by atoms with Crippen LogP contribution in [0.4, 0.5) is 0 Å². The minimum atomic E-state index is -0.372. The van der Waals surface area contributed by atoms with Gasteiger partial charge < -0.3 is 10.2 Å². The number of allylic oxidation sites excluding steroid dienone is 1. The van der Waals surface area contributed by atoms with Gasteiger partial charge in [0.05, 0.1) is 5.41 Å². The number of carbonyl (C=O) groups excluding carboxylic acids is 2. The predicted octanol–water partition coefficient (Wildman–Crippen LogP) is 0.259. The van der Waals surface area contributed by atoms with Gasteiger partial charge in [0.1, 0.15) is 0 Å². The normalized spacial score (nSPS) is 31.4. The second-order valence-electron chi connectivity index (χ2n) is 4.21. The van der Waals surface area contributed by atoms with Crippen molar-refractivity contribution in [2.24, 2.45) is 5.41 Å². The Labute approximate surface area is 83.0 Å². The third kappa shape index (κ3) is 1.22. The summed E-state index contributed by atoms with van der Waals surface area (Å²) in [5, 5.41) is 2.74. The molecule has 1 atom stereocenters. The number of carbonyl (C=O) groups is 2. The molecule has 0 aliphatic carbocycles. The van der Waals surface area contributed by atoms with Gasteiger partial charge in [0, 0.05) is 32.1 Å². The summed E-state index contributed by atoms with van der Waals surface area (Å²) >= 11 is 0. The Bertz CT molecular complexity index is 324. The first-order chi connectivity index (χ1) is 6.53. The van der Waals surface area contributed by atoms with E-state index >= 15 is 0 Å². The van der Waals surface area contributed by atoms with Crippen LogP contribution in [0, 0.1) is 5.41 Å². The zero-order chi connectivity index (χ0) is 10.3. The Kier molecular flexibility index (Phi) is 1.87. The maximum absolute atomic E-state index is 11.7. The minimum Gasteiger partial charge on any atom is -0.342 e. The number of hydrogen-bond donors (Lipinski definition) is 1. The first-order valence-corrected chi connectivity index (χ1v) is 4.78. The number of hydrogen-bond acceptors (Lipinski definition) is 2. The third-order valence-electron chi connectivity index (χ3n) is 3.12. The van der Waals surface area contributed by atoms with Crippen molar-refractivity contribution in [1.82, 2.24) is 10.2 Å². The molecule has 0 aromatic heterocycles. The van der Waals surface area contributed by atoms with Gasteiger partial charge in [0.2, 0.25) is 11.8 Å². The summed E-state index contributed by atoms with van der Waals surface area (Å²) in [5.74, 6) is 0.0819. The van der Waals surface area contributed by atoms with E-state index in [9.17, 15) is 9.59 Å². The molecule has 0 aromatic rings. The van der Waals surface area contributed by atoms with E-state index in [0.29, 0.717) is 19.5 Å². The van der Waals surface area contributed by atoms with Crippen LogP contribution in [0.15, 0.2) is 12.3 Å². The van der Waals surface area contributed by atoms with Crippen molar-refractivity contribution in [1.29, 1.82) is 0 Å². The van der Waals surface area contributed by atoms with Gasteiger partial charge >= 0.3 is 0 Å². The van der Waals surface area contributed by atoms with Crippen molar-refractivity contribution < 1.29 is 9.59 Å².